The largest absolute Gasteiger partial charge is 0.497 e. The highest BCUT2D eigenvalue weighted by atomic mass is 16.5. The van der Waals surface area contributed by atoms with Gasteiger partial charge in [0.15, 0.2) is 0 Å². The first-order chi connectivity index (χ1) is 10.6. The molecule has 0 heterocycles. The van der Waals surface area contributed by atoms with Crippen molar-refractivity contribution in [3.8, 4) is 11.5 Å². The summed E-state index contributed by atoms with van der Waals surface area (Å²) in [6.45, 7) is 1.88. The van der Waals surface area contributed by atoms with Gasteiger partial charge in [-0.3, -0.25) is 0 Å². The van der Waals surface area contributed by atoms with E-state index in [1.807, 2.05) is 25.1 Å². The lowest BCUT2D eigenvalue weighted by atomic mass is 9.98. The maximum Gasteiger partial charge on any atom is 0.336 e. The summed E-state index contributed by atoms with van der Waals surface area (Å²) in [5.41, 5.74) is 2.45. The molecular weight excluding hydrogens is 280 g/mol. The number of ether oxygens (including phenoxy) is 2. The third-order valence-electron chi connectivity index (χ3n) is 3.40. The van der Waals surface area contributed by atoms with E-state index >= 15 is 0 Å². The first-order valence-corrected chi connectivity index (χ1v) is 6.80. The van der Waals surface area contributed by atoms with Crippen molar-refractivity contribution in [1.82, 2.24) is 0 Å². The highest BCUT2D eigenvalue weighted by Crippen LogP contribution is 2.29. The summed E-state index contributed by atoms with van der Waals surface area (Å²) in [7, 11) is 3.11. The number of methoxy groups -OCH3 is 2. The van der Waals surface area contributed by atoms with Crippen molar-refractivity contribution >= 4 is 17.6 Å². The Balaban J connectivity index is 2.61. The summed E-state index contributed by atoms with van der Waals surface area (Å²) in [6, 6.07) is 12.6. The Morgan fingerprint density at radius 2 is 1.82 bits per heavy atom. The van der Waals surface area contributed by atoms with Crippen LogP contribution in [0.15, 0.2) is 42.5 Å². The molecule has 0 spiro atoms. The molecule has 114 valence electrons. The van der Waals surface area contributed by atoms with E-state index in [4.69, 9.17) is 9.47 Å². The molecule has 4 nitrogen and oxygen atoms in total. The van der Waals surface area contributed by atoms with Crippen molar-refractivity contribution in [2.75, 3.05) is 14.2 Å². The van der Waals surface area contributed by atoms with Crippen LogP contribution in [0.5, 0.6) is 11.5 Å². The van der Waals surface area contributed by atoms with Gasteiger partial charge in [-0.15, -0.1) is 0 Å². The topological polar surface area (TPSA) is 55.8 Å². The van der Waals surface area contributed by atoms with Crippen LogP contribution in [-0.2, 0) is 4.79 Å². The molecular formula is C18H18O4. The van der Waals surface area contributed by atoms with E-state index in [9.17, 15) is 9.90 Å². The SMILES string of the molecule is COc1ccc(OC)c(/C=C(/C(=O)O)c2ccccc2C)c1. The van der Waals surface area contributed by atoms with Crippen LogP contribution in [0.2, 0.25) is 0 Å². The summed E-state index contributed by atoms with van der Waals surface area (Å²) < 4.78 is 10.5. The van der Waals surface area contributed by atoms with Gasteiger partial charge in [-0.25, -0.2) is 4.79 Å². The van der Waals surface area contributed by atoms with Crippen molar-refractivity contribution in [2.24, 2.45) is 0 Å². The lowest BCUT2D eigenvalue weighted by Gasteiger charge is -2.10. The summed E-state index contributed by atoms with van der Waals surface area (Å²) in [6.07, 6.45) is 1.60. The van der Waals surface area contributed by atoms with Gasteiger partial charge in [0.1, 0.15) is 11.5 Å². The molecule has 0 saturated heterocycles. The Morgan fingerprint density at radius 3 is 2.41 bits per heavy atom. The van der Waals surface area contributed by atoms with Crippen LogP contribution in [-0.4, -0.2) is 25.3 Å². The molecule has 0 aliphatic rings. The van der Waals surface area contributed by atoms with Crippen LogP contribution in [0.1, 0.15) is 16.7 Å². The second-order valence-electron chi connectivity index (χ2n) is 4.79. The van der Waals surface area contributed by atoms with E-state index in [0.717, 1.165) is 5.56 Å². The normalized spacial score (nSPS) is 11.1. The first-order valence-electron chi connectivity index (χ1n) is 6.80. The third kappa shape index (κ3) is 3.28. The molecule has 0 radical (unpaired) electrons. The molecule has 4 heteroatoms. The molecule has 0 bridgehead atoms. The molecule has 2 aromatic carbocycles. The summed E-state index contributed by atoms with van der Waals surface area (Å²) in [5, 5.41) is 9.56. The number of rotatable bonds is 5. The van der Waals surface area contributed by atoms with Gasteiger partial charge in [0.25, 0.3) is 0 Å². The third-order valence-corrected chi connectivity index (χ3v) is 3.40. The molecule has 0 aliphatic carbocycles. The predicted molar refractivity (Wildman–Crippen MR) is 86.2 cm³/mol. The molecule has 0 atom stereocenters. The fraction of sp³-hybridized carbons (Fsp3) is 0.167. The molecule has 22 heavy (non-hydrogen) atoms. The fourth-order valence-electron chi connectivity index (χ4n) is 2.24. The van der Waals surface area contributed by atoms with E-state index in [-0.39, 0.29) is 5.57 Å². The van der Waals surface area contributed by atoms with Crippen molar-refractivity contribution < 1.29 is 19.4 Å². The highest BCUT2D eigenvalue weighted by Gasteiger charge is 2.14. The minimum atomic E-state index is -0.987. The Morgan fingerprint density at radius 1 is 1.09 bits per heavy atom. The number of carboxylic acid groups (broad SMARTS) is 1. The van der Waals surface area contributed by atoms with E-state index in [1.54, 1.807) is 44.6 Å². The van der Waals surface area contributed by atoms with Gasteiger partial charge in [-0.2, -0.15) is 0 Å². The molecule has 2 rings (SSSR count). The minimum Gasteiger partial charge on any atom is -0.497 e. The zero-order chi connectivity index (χ0) is 16.1. The zero-order valence-electron chi connectivity index (χ0n) is 12.8. The van der Waals surface area contributed by atoms with Crippen molar-refractivity contribution in [2.45, 2.75) is 6.92 Å². The van der Waals surface area contributed by atoms with Gasteiger partial charge in [0, 0.05) is 5.56 Å². The maximum atomic E-state index is 11.7. The first kappa shape index (κ1) is 15.6. The van der Waals surface area contributed by atoms with Crippen LogP contribution >= 0.6 is 0 Å². The van der Waals surface area contributed by atoms with Crippen LogP contribution in [0.25, 0.3) is 11.6 Å². The smallest absolute Gasteiger partial charge is 0.336 e. The van der Waals surface area contributed by atoms with Crippen molar-refractivity contribution in [1.29, 1.82) is 0 Å². The van der Waals surface area contributed by atoms with Crippen molar-refractivity contribution in [3.05, 3.63) is 59.2 Å². The van der Waals surface area contributed by atoms with Crippen LogP contribution in [0.4, 0.5) is 0 Å². The minimum absolute atomic E-state index is 0.213. The van der Waals surface area contributed by atoms with Crippen LogP contribution in [0, 0.1) is 6.92 Å². The van der Waals surface area contributed by atoms with Gasteiger partial charge in [0.2, 0.25) is 0 Å². The zero-order valence-corrected chi connectivity index (χ0v) is 12.8. The quantitative estimate of drug-likeness (QED) is 0.676. The Bertz CT molecular complexity index is 717. The van der Waals surface area contributed by atoms with Gasteiger partial charge in [-0.05, 0) is 42.3 Å². The summed E-state index contributed by atoms with van der Waals surface area (Å²) in [5.74, 6) is 0.244. The van der Waals surface area contributed by atoms with E-state index in [2.05, 4.69) is 0 Å². The number of aliphatic carboxylic acids is 1. The van der Waals surface area contributed by atoms with Gasteiger partial charge in [-0.1, -0.05) is 24.3 Å². The Hall–Kier alpha value is -2.75. The van der Waals surface area contributed by atoms with E-state index in [1.165, 1.54) is 0 Å². The fourth-order valence-corrected chi connectivity index (χ4v) is 2.24. The molecule has 0 amide bonds. The number of hydrogen-bond donors (Lipinski definition) is 1. The Labute approximate surface area is 129 Å². The van der Waals surface area contributed by atoms with Gasteiger partial charge < -0.3 is 14.6 Å². The average molecular weight is 298 g/mol. The molecule has 0 aliphatic heterocycles. The number of carbonyl (C=O) groups is 1. The van der Waals surface area contributed by atoms with Crippen LogP contribution in [0.3, 0.4) is 0 Å². The molecule has 0 aromatic heterocycles. The second-order valence-corrected chi connectivity index (χ2v) is 4.79. The second kappa shape index (κ2) is 6.80. The molecule has 0 saturated carbocycles. The molecule has 0 fully saturated rings. The number of aryl methyl sites for hydroxylation is 1. The lowest BCUT2D eigenvalue weighted by Crippen LogP contribution is -2.02. The number of carboxylic acids is 1. The number of hydrogen-bond acceptors (Lipinski definition) is 3. The van der Waals surface area contributed by atoms with Gasteiger partial charge >= 0.3 is 5.97 Å². The van der Waals surface area contributed by atoms with Crippen LogP contribution < -0.4 is 9.47 Å². The average Bonchev–Trinajstić information content (AvgIpc) is 2.53. The summed E-state index contributed by atoms with van der Waals surface area (Å²) in [4.78, 5) is 11.7. The Kier molecular flexibility index (Phi) is 4.84. The predicted octanol–water partition coefficient (Wildman–Crippen LogP) is 3.64. The molecule has 0 unspecified atom stereocenters. The maximum absolute atomic E-state index is 11.7. The highest BCUT2D eigenvalue weighted by molar-refractivity contribution is 6.21. The molecule has 2 aromatic rings. The lowest BCUT2D eigenvalue weighted by molar-refractivity contribution is -0.130. The van der Waals surface area contributed by atoms with Crippen molar-refractivity contribution in [3.63, 3.8) is 0 Å². The van der Waals surface area contributed by atoms with E-state index in [0.29, 0.717) is 22.6 Å². The standard InChI is InChI=1S/C18H18O4/c1-12-6-4-5-7-15(12)16(18(19)20)11-13-10-14(21-2)8-9-17(13)22-3/h4-11H,1-3H3,(H,19,20)/b16-11+. The molecule has 1 N–H and O–H groups in total. The van der Waals surface area contributed by atoms with E-state index < -0.39 is 5.97 Å². The summed E-state index contributed by atoms with van der Waals surface area (Å²) >= 11 is 0. The number of benzene rings is 2. The van der Waals surface area contributed by atoms with Gasteiger partial charge in [0.05, 0.1) is 19.8 Å². The monoisotopic (exact) mass is 298 g/mol.